The molecule has 1 fully saturated rings. The highest BCUT2D eigenvalue weighted by molar-refractivity contribution is 5.78. The van der Waals surface area contributed by atoms with Crippen LogP contribution < -0.4 is 0 Å². The number of ether oxygens (including phenoxy) is 1. The number of pyridine rings is 1. The Morgan fingerprint density at radius 1 is 1.12 bits per heavy atom. The number of aromatic nitrogens is 3. The van der Waals surface area contributed by atoms with Crippen LogP contribution in [0.25, 0.3) is 22.5 Å². The summed E-state index contributed by atoms with van der Waals surface area (Å²) in [5.41, 5.74) is 2.04. The molecule has 2 aromatic heterocycles. The lowest BCUT2D eigenvalue weighted by atomic mass is 10.0. The Balaban J connectivity index is 1.75. The molecule has 1 saturated heterocycles. The minimum Gasteiger partial charge on any atom is -0.371 e. The molecule has 25 heavy (non-hydrogen) atoms. The Labute approximate surface area is 141 Å². The summed E-state index contributed by atoms with van der Waals surface area (Å²) in [5.74, 6) is 0. The summed E-state index contributed by atoms with van der Waals surface area (Å²) < 4.78 is 45.3. The third-order valence-electron chi connectivity index (χ3n) is 3.98. The summed E-state index contributed by atoms with van der Waals surface area (Å²) in [7, 11) is 0. The van der Waals surface area contributed by atoms with Gasteiger partial charge in [0.05, 0.1) is 24.4 Å². The third kappa shape index (κ3) is 3.41. The molecule has 1 aromatic carbocycles. The fourth-order valence-corrected chi connectivity index (χ4v) is 2.64. The van der Waals surface area contributed by atoms with Crippen molar-refractivity contribution in [3.05, 3.63) is 60.4 Å². The van der Waals surface area contributed by atoms with Gasteiger partial charge in [-0.2, -0.15) is 18.3 Å². The maximum Gasteiger partial charge on any atom is 0.416 e. The predicted molar refractivity (Wildman–Crippen MR) is 85.6 cm³/mol. The van der Waals surface area contributed by atoms with Gasteiger partial charge in [-0.25, -0.2) is 0 Å². The van der Waals surface area contributed by atoms with E-state index in [1.807, 2.05) is 24.4 Å². The monoisotopic (exact) mass is 345 g/mol. The lowest BCUT2D eigenvalue weighted by molar-refractivity contribution is -0.137. The van der Waals surface area contributed by atoms with E-state index in [-0.39, 0.29) is 6.10 Å². The van der Waals surface area contributed by atoms with Crippen molar-refractivity contribution in [3.63, 3.8) is 0 Å². The van der Waals surface area contributed by atoms with Gasteiger partial charge in [-0.1, -0.05) is 18.2 Å². The van der Waals surface area contributed by atoms with Gasteiger partial charge in [0.25, 0.3) is 0 Å². The van der Waals surface area contributed by atoms with Crippen molar-refractivity contribution in [2.75, 3.05) is 6.61 Å². The zero-order valence-corrected chi connectivity index (χ0v) is 13.1. The Morgan fingerprint density at radius 2 is 1.88 bits per heavy atom. The molecular formula is C18H14F3N3O. The zero-order valence-electron chi connectivity index (χ0n) is 13.1. The second-order valence-corrected chi connectivity index (χ2v) is 5.86. The second kappa shape index (κ2) is 6.00. The van der Waals surface area contributed by atoms with Crippen LogP contribution in [0.1, 0.15) is 5.56 Å². The van der Waals surface area contributed by atoms with Gasteiger partial charge in [0.2, 0.25) is 0 Å². The zero-order chi connectivity index (χ0) is 17.4. The molecule has 3 heterocycles. The first-order valence-corrected chi connectivity index (χ1v) is 7.79. The molecule has 0 amide bonds. The Kier molecular flexibility index (Phi) is 3.80. The number of epoxide rings is 1. The number of nitrogens with zero attached hydrogens (tertiary/aromatic N) is 3. The van der Waals surface area contributed by atoms with E-state index in [0.717, 1.165) is 23.4 Å². The molecule has 4 nitrogen and oxygen atoms in total. The maximum absolute atomic E-state index is 12.8. The van der Waals surface area contributed by atoms with Gasteiger partial charge in [0.15, 0.2) is 0 Å². The first kappa shape index (κ1) is 15.8. The van der Waals surface area contributed by atoms with Gasteiger partial charge < -0.3 is 4.74 Å². The van der Waals surface area contributed by atoms with E-state index in [4.69, 9.17) is 4.74 Å². The molecule has 1 atom stereocenters. The van der Waals surface area contributed by atoms with E-state index in [9.17, 15) is 13.2 Å². The van der Waals surface area contributed by atoms with Gasteiger partial charge in [-0.3, -0.25) is 9.67 Å². The average molecular weight is 345 g/mol. The van der Waals surface area contributed by atoms with E-state index in [2.05, 4.69) is 10.1 Å². The van der Waals surface area contributed by atoms with E-state index in [0.29, 0.717) is 24.4 Å². The first-order valence-electron chi connectivity index (χ1n) is 7.79. The molecule has 1 aliphatic heterocycles. The van der Waals surface area contributed by atoms with Crippen LogP contribution in [-0.2, 0) is 17.5 Å². The molecule has 0 bridgehead atoms. The van der Waals surface area contributed by atoms with Crippen LogP contribution >= 0.6 is 0 Å². The largest absolute Gasteiger partial charge is 0.416 e. The SMILES string of the molecule is FC(F)(F)c1ccc(-c2nn(CC3CO3)cc2-c2ccccn2)cc1. The van der Waals surface area contributed by atoms with Gasteiger partial charge in [0.1, 0.15) is 11.8 Å². The van der Waals surface area contributed by atoms with Gasteiger partial charge in [0, 0.05) is 23.5 Å². The molecule has 3 aromatic rings. The molecule has 0 N–H and O–H groups in total. The molecule has 0 aliphatic carbocycles. The van der Waals surface area contributed by atoms with Crippen molar-refractivity contribution < 1.29 is 17.9 Å². The van der Waals surface area contributed by atoms with Crippen LogP contribution in [0, 0.1) is 0 Å². The molecule has 1 aliphatic rings. The van der Waals surface area contributed by atoms with Crippen molar-refractivity contribution in [1.82, 2.24) is 14.8 Å². The summed E-state index contributed by atoms with van der Waals surface area (Å²) in [6, 6.07) is 10.5. The minimum absolute atomic E-state index is 0.150. The van der Waals surface area contributed by atoms with E-state index in [1.165, 1.54) is 12.1 Å². The van der Waals surface area contributed by atoms with E-state index >= 15 is 0 Å². The Hall–Kier alpha value is -2.67. The molecule has 0 saturated carbocycles. The van der Waals surface area contributed by atoms with Crippen molar-refractivity contribution in [1.29, 1.82) is 0 Å². The van der Waals surface area contributed by atoms with Gasteiger partial charge in [-0.05, 0) is 24.3 Å². The fourth-order valence-electron chi connectivity index (χ4n) is 2.64. The Morgan fingerprint density at radius 3 is 2.48 bits per heavy atom. The number of halogens is 3. The first-order chi connectivity index (χ1) is 12.0. The summed E-state index contributed by atoms with van der Waals surface area (Å²) in [4.78, 5) is 4.34. The van der Waals surface area contributed by atoms with Gasteiger partial charge in [-0.15, -0.1) is 0 Å². The van der Waals surface area contributed by atoms with E-state index in [1.54, 1.807) is 10.9 Å². The number of hydrogen-bond donors (Lipinski definition) is 0. The molecule has 128 valence electrons. The normalized spacial score (nSPS) is 16.8. The summed E-state index contributed by atoms with van der Waals surface area (Å²) in [6.45, 7) is 1.31. The minimum atomic E-state index is -4.36. The summed E-state index contributed by atoms with van der Waals surface area (Å²) >= 11 is 0. The van der Waals surface area contributed by atoms with Crippen LogP contribution in [0.4, 0.5) is 13.2 Å². The second-order valence-electron chi connectivity index (χ2n) is 5.86. The molecular weight excluding hydrogens is 331 g/mol. The van der Waals surface area contributed by atoms with Crippen LogP contribution in [-0.4, -0.2) is 27.5 Å². The van der Waals surface area contributed by atoms with Crippen LogP contribution in [0.3, 0.4) is 0 Å². The van der Waals surface area contributed by atoms with Gasteiger partial charge >= 0.3 is 6.18 Å². The molecule has 0 spiro atoms. The number of hydrogen-bond acceptors (Lipinski definition) is 3. The maximum atomic E-state index is 12.8. The van der Waals surface area contributed by atoms with Crippen molar-refractivity contribution >= 4 is 0 Å². The lowest BCUT2D eigenvalue weighted by Crippen LogP contribution is -2.05. The quantitative estimate of drug-likeness (QED) is 0.671. The highest BCUT2D eigenvalue weighted by atomic mass is 19.4. The standard InChI is InChI=1S/C18H14F3N3O/c19-18(20,21)13-6-4-12(5-7-13)17-15(16-3-1-2-8-22-16)10-24(23-17)9-14-11-25-14/h1-8,10,14H,9,11H2. The van der Waals surface area contributed by atoms with Crippen molar-refractivity contribution in [2.45, 2.75) is 18.8 Å². The summed E-state index contributed by atoms with van der Waals surface area (Å²) in [6.07, 6.45) is -0.674. The van der Waals surface area contributed by atoms with Crippen molar-refractivity contribution in [3.8, 4) is 22.5 Å². The van der Waals surface area contributed by atoms with Crippen LogP contribution in [0.2, 0.25) is 0 Å². The lowest BCUT2D eigenvalue weighted by Gasteiger charge is -2.07. The molecule has 0 radical (unpaired) electrons. The molecule has 4 rings (SSSR count). The fraction of sp³-hybridized carbons (Fsp3) is 0.222. The molecule has 7 heteroatoms. The molecule has 1 unspecified atom stereocenters. The average Bonchev–Trinajstić information content (AvgIpc) is 3.31. The highest BCUT2D eigenvalue weighted by Gasteiger charge is 2.30. The smallest absolute Gasteiger partial charge is 0.371 e. The number of benzene rings is 1. The van der Waals surface area contributed by atoms with E-state index < -0.39 is 11.7 Å². The van der Waals surface area contributed by atoms with Crippen LogP contribution in [0.5, 0.6) is 0 Å². The van der Waals surface area contributed by atoms with Crippen molar-refractivity contribution in [2.24, 2.45) is 0 Å². The predicted octanol–water partition coefficient (Wildman–Crippen LogP) is 4.03. The topological polar surface area (TPSA) is 43.2 Å². The van der Waals surface area contributed by atoms with Crippen LogP contribution in [0.15, 0.2) is 54.9 Å². The number of rotatable bonds is 4. The Bertz CT molecular complexity index is 869. The number of alkyl halides is 3. The summed E-state index contributed by atoms with van der Waals surface area (Å²) in [5, 5.41) is 4.54. The third-order valence-corrected chi connectivity index (χ3v) is 3.98. The highest BCUT2D eigenvalue weighted by Crippen LogP contribution is 2.34.